The summed E-state index contributed by atoms with van der Waals surface area (Å²) in [6.07, 6.45) is -10.3. The smallest absolute Gasteiger partial charge is 0.405 e. The summed E-state index contributed by atoms with van der Waals surface area (Å²) in [4.78, 5) is 3.11. The number of hydrogen-bond acceptors (Lipinski definition) is 8. The van der Waals surface area contributed by atoms with Gasteiger partial charge in [-0.1, -0.05) is 24.3 Å². The Morgan fingerprint density at radius 1 is 0.622 bits per heavy atom. The van der Waals surface area contributed by atoms with E-state index in [1.54, 1.807) is 23.5 Å². The SMILES string of the molecule is Cc1ccc(-c2ccc(-c3c4c(c(-c5ccc(-c6ccc(C(F)(F)F)c(OC(F)(F)F)c6)s5)c5nsnc35)N=S=N4)s2)cc1C. The number of ether oxygens (including phenoxy) is 1. The van der Waals surface area contributed by atoms with Crippen LogP contribution in [-0.2, 0) is 17.5 Å². The monoisotopic (exact) mass is 690 g/mol. The molecule has 3 aromatic carbocycles. The Bertz CT molecular complexity index is 2210. The summed E-state index contributed by atoms with van der Waals surface area (Å²) in [6, 6.07) is 16.2. The van der Waals surface area contributed by atoms with Crippen LogP contribution in [-0.4, -0.2) is 15.1 Å². The molecule has 5 nitrogen and oxygen atoms in total. The Morgan fingerprint density at radius 2 is 1.16 bits per heavy atom. The van der Waals surface area contributed by atoms with Crippen molar-refractivity contribution in [3.8, 4) is 47.5 Å². The fourth-order valence-electron chi connectivity index (χ4n) is 4.99. The van der Waals surface area contributed by atoms with E-state index in [1.165, 1.54) is 22.5 Å². The highest BCUT2D eigenvalue weighted by molar-refractivity contribution is 7.58. The number of rotatable bonds is 5. The minimum Gasteiger partial charge on any atom is -0.405 e. The molecule has 45 heavy (non-hydrogen) atoms. The van der Waals surface area contributed by atoms with Crippen LogP contribution in [0.3, 0.4) is 0 Å². The van der Waals surface area contributed by atoms with Gasteiger partial charge >= 0.3 is 12.5 Å². The lowest BCUT2D eigenvalue weighted by Crippen LogP contribution is -2.20. The summed E-state index contributed by atoms with van der Waals surface area (Å²) in [5.41, 5.74) is 6.00. The van der Waals surface area contributed by atoms with Crippen LogP contribution in [0.2, 0.25) is 0 Å². The Morgan fingerprint density at radius 3 is 1.69 bits per heavy atom. The second-order valence-corrected chi connectivity index (χ2v) is 13.3. The van der Waals surface area contributed by atoms with Gasteiger partial charge in [-0.15, -0.1) is 35.8 Å². The molecule has 15 heteroatoms. The van der Waals surface area contributed by atoms with Crippen molar-refractivity contribution in [2.24, 2.45) is 8.73 Å². The van der Waals surface area contributed by atoms with Crippen molar-refractivity contribution in [2.45, 2.75) is 26.4 Å². The molecule has 0 atom stereocenters. The van der Waals surface area contributed by atoms with E-state index in [0.717, 1.165) is 56.1 Å². The van der Waals surface area contributed by atoms with Gasteiger partial charge in [-0.05, 0) is 72.5 Å². The summed E-state index contributed by atoms with van der Waals surface area (Å²) < 4.78 is 101. The van der Waals surface area contributed by atoms with Crippen LogP contribution < -0.4 is 4.74 Å². The van der Waals surface area contributed by atoms with Crippen LogP contribution in [0.5, 0.6) is 5.75 Å². The average molecular weight is 691 g/mol. The van der Waals surface area contributed by atoms with Crippen molar-refractivity contribution in [1.29, 1.82) is 0 Å². The highest BCUT2D eigenvalue weighted by Gasteiger charge is 2.39. The number of alkyl halides is 6. The van der Waals surface area contributed by atoms with Crippen molar-refractivity contribution in [2.75, 3.05) is 0 Å². The quantitative estimate of drug-likeness (QED) is 0.169. The molecule has 0 saturated heterocycles. The minimum absolute atomic E-state index is 0.132. The third-order valence-electron chi connectivity index (χ3n) is 7.22. The van der Waals surface area contributed by atoms with Gasteiger partial charge in [0.05, 0.1) is 28.6 Å². The van der Waals surface area contributed by atoms with E-state index >= 15 is 0 Å². The maximum absolute atomic E-state index is 13.4. The van der Waals surface area contributed by atoms with Gasteiger partial charge in [0.1, 0.15) is 28.2 Å². The Balaban J connectivity index is 1.32. The molecule has 0 amide bonds. The van der Waals surface area contributed by atoms with Gasteiger partial charge in [0.15, 0.2) is 0 Å². The number of aromatic nitrogens is 2. The van der Waals surface area contributed by atoms with Crippen LogP contribution >= 0.6 is 34.4 Å². The van der Waals surface area contributed by atoms with Crippen LogP contribution in [0.4, 0.5) is 37.7 Å². The first-order valence-corrected chi connectivity index (χ1v) is 16.1. The molecule has 228 valence electrons. The Hall–Kier alpha value is -3.92. The summed E-state index contributed by atoms with van der Waals surface area (Å²) in [6.45, 7) is 4.14. The third-order valence-corrected chi connectivity index (χ3v) is 10.6. The fraction of sp³-hybridized carbons (Fsp3) is 0.133. The van der Waals surface area contributed by atoms with E-state index in [0.29, 0.717) is 43.8 Å². The van der Waals surface area contributed by atoms with E-state index in [2.05, 4.69) is 60.3 Å². The van der Waals surface area contributed by atoms with Gasteiger partial charge in [-0.3, -0.25) is 0 Å². The lowest BCUT2D eigenvalue weighted by atomic mass is 10.0. The van der Waals surface area contributed by atoms with Crippen LogP contribution in [0, 0.1) is 13.8 Å². The maximum Gasteiger partial charge on any atom is 0.573 e. The average Bonchev–Trinajstić information content (AvgIpc) is 3.79. The maximum atomic E-state index is 13.4. The van der Waals surface area contributed by atoms with Gasteiger partial charge in [0.25, 0.3) is 0 Å². The summed E-state index contributed by atoms with van der Waals surface area (Å²) in [5.74, 6) is -1.32. The number of fused-ring (bicyclic) bond motifs is 2. The molecule has 0 saturated carbocycles. The number of thiophene rings is 2. The molecule has 0 bridgehead atoms. The summed E-state index contributed by atoms with van der Waals surface area (Å²) >= 11 is 4.85. The molecule has 1 aliphatic heterocycles. The van der Waals surface area contributed by atoms with E-state index in [1.807, 2.05) is 6.07 Å². The minimum atomic E-state index is -5.30. The van der Waals surface area contributed by atoms with Crippen LogP contribution in [0.25, 0.3) is 52.8 Å². The highest BCUT2D eigenvalue weighted by atomic mass is 32.1. The summed E-state index contributed by atoms with van der Waals surface area (Å²) in [5, 5.41) is 0. The molecule has 0 radical (unpaired) electrons. The topological polar surface area (TPSA) is 59.7 Å². The summed E-state index contributed by atoms with van der Waals surface area (Å²) in [7, 11) is 0. The first kappa shape index (κ1) is 29.8. The first-order valence-electron chi connectivity index (χ1n) is 13.0. The standard InChI is InChI=1S/C30H16F6N4OS4/c1-13-3-4-15(11-14(13)2)19-7-9-21(42-19)23-25-27(39-44-37-25)24(28-26(23)38-45-40-28)22-10-8-20(43-22)16-5-6-17(29(31,32)33)18(12-16)41-30(34,35)36/h3-12H,1-2H3. The second-order valence-electron chi connectivity index (χ2n) is 10.1. The zero-order valence-corrected chi connectivity index (χ0v) is 26.1. The highest BCUT2D eigenvalue weighted by Crippen LogP contribution is 2.55. The van der Waals surface area contributed by atoms with E-state index in [-0.39, 0.29) is 5.56 Å². The van der Waals surface area contributed by atoms with Gasteiger partial charge in [0, 0.05) is 30.6 Å². The Kier molecular flexibility index (Phi) is 7.18. The predicted molar refractivity (Wildman–Crippen MR) is 168 cm³/mol. The molecule has 0 N–H and O–H groups in total. The zero-order chi connectivity index (χ0) is 31.7. The first-order chi connectivity index (χ1) is 21.4. The van der Waals surface area contributed by atoms with Crippen molar-refractivity contribution in [3.63, 3.8) is 0 Å². The number of aryl methyl sites for hydroxylation is 2. The second kappa shape index (κ2) is 10.9. The molecule has 3 aromatic heterocycles. The van der Waals surface area contributed by atoms with E-state index < -0.39 is 23.9 Å². The van der Waals surface area contributed by atoms with Gasteiger partial charge in [-0.25, -0.2) is 0 Å². The fourth-order valence-corrected chi connectivity index (χ4v) is 8.21. The van der Waals surface area contributed by atoms with E-state index in [9.17, 15) is 26.3 Å². The van der Waals surface area contributed by atoms with Gasteiger partial charge in [0.2, 0.25) is 0 Å². The molecule has 4 heterocycles. The number of halogens is 6. The van der Waals surface area contributed by atoms with Crippen molar-refractivity contribution < 1.29 is 31.1 Å². The zero-order valence-electron chi connectivity index (χ0n) is 22.9. The lowest BCUT2D eigenvalue weighted by Gasteiger charge is -2.16. The molecular weight excluding hydrogens is 675 g/mol. The lowest BCUT2D eigenvalue weighted by molar-refractivity contribution is -0.276. The molecule has 6 aromatic rings. The van der Waals surface area contributed by atoms with Gasteiger partial charge in [-0.2, -0.15) is 30.6 Å². The number of hydrogen-bond donors (Lipinski definition) is 0. The molecule has 1 aliphatic rings. The predicted octanol–water partition coefficient (Wildman–Crippen LogP) is 11.7. The van der Waals surface area contributed by atoms with E-state index in [4.69, 9.17) is 0 Å². The number of benzene rings is 3. The van der Waals surface area contributed by atoms with Crippen molar-refractivity contribution in [3.05, 3.63) is 77.4 Å². The molecule has 7 rings (SSSR count). The van der Waals surface area contributed by atoms with Crippen LogP contribution in [0.1, 0.15) is 16.7 Å². The van der Waals surface area contributed by atoms with Crippen molar-refractivity contribution in [1.82, 2.24) is 8.75 Å². The largest absolute Gasteiger partial charge is 0.573 e. The normalized spacial score (nSPS) is 13.0. The molecule has 0 spiro atoms. The number of nitrogens with zero attached hydrogens (tertiary/aromatic N) is 4. The van der Waals surface area contributed by atoms with Crippen LogP contribution in [0.15, 0.2) is 69.4 Å². The molecule has 0 unspecified atom stereocenters. The van der Waals surface area contributed by atoms with Crippen molar-refractivity contribution >= 4 is 68.2 Å². The molecule has 0 aliphatic carbocycles. The molecular formula is C30H16F6N4OS4. The van der Waals surface area contributed by atoms with Gasteiger partial charge < -0.3 is 4.74 Å². The third kappa shape index (κ3) is 5.47. The molecule has 0 fully saturated rings. The Labute approximate surface area is 267 Å².